The average Bonchev–Trinajstić information content (AvgIpc) is 2.71. The molecule has 0 amide bonds. The first-order valence-corrected chi connectivity index (χ1v) is 5.55. The first-order valence-electron chi connectivity index (χ1n) is 5.55. The summed E-state index contributed by atoms with van der Waals surface area (Å²) in [5, 5.41) is 0. The van der Waals surface area contributed by atoms with Crippen LogP contribution in [0, 0.1) is 17.3 Å². The molecule has 0 unspecified atom stereocenters. The predicted molar refractivity (Wildman–Crippen MR) is 53.0 cm³/mol. The molecule has 0 aliphatic heterocycles. The normalized spacial score (nSPS) is 42.9. The van der Waals surface area contributed by atoms with Gasteiger partial charge in [0.15, 0.2) is 11.5 Å². The number of Topliss-reactive ketones (excluding diaryl/α,β-unsaturated/α-hetero) is 2. The lowest BCUT2D eigenvalue weighted by molar-refractivity contribution is -0.141. The monoisotopic (exact) mass is 206 g/mol. The van der Waals surface area contributed by atoms with Crippen molar-refractivity contribution >= 4 is 11.6 Å². The summed E-state index contributed by atoms with van der Waals surface area (Å²) in [7, 11) is 1.51. The van der Waals surface area contributed by atoms with E-state index in [9.17, 15) is 9.59 Å². The van der Waals surface area contributed by atoms with Gasteiger partial charge < -0.3 is 4.74 Å². The summed E-state index contributed by atoms with van der Waals surface area (Å²) in [4.78, 5) is 24.4. The third-order valence-corrected chi connectivity index (χ3v) is 4.34. The molecule has 3 aliphatic carbocycles. The van der Waals surface area contributed by atoms with Crippen LogP contribution in [0.5, 0.6) is 0 Å². The number of rotatable bonds is 1. The molecule has 0 aromatic heterocycles. The van der Waals surface area contributed by atoms with Crippen LogP contribution in [-0.2, 0) is 14.3 Å². The molecule has 0 radical (unpaired) electrons. The van der Waals surface area contributed by atoms with Crippen molar-refractivity contribution in [3.8, 4) is 0 Å². The number of hydrogen-bond acceptors (Lipinski definition) is 3. The fraction of sp³-hybridized carbons (Fsp3) is 0.667. The highest BCUT2D eigenvalue weighted by molar-refractivity contribution is 6.18. The fourth-order valence-corrected chi connectivity index (χ4v) is 3.66. The van der Waals surface area contributed by atoms with Gasteiger partial charge in [0.05, 0.1) is 12.5 Å². The smallest absolute Gasteiger partial charge is 0.210 e. The van der Waals surface area contributed by atoms with Crippen LogP contribution in [0.2, 0.25) is 0 Å². The van der Waals surface area contributed by atoms with Gasteiger partial charge in [0.1, 0.15) is 0 Å². The van der Waals surface area contributed by atoms with E-state index in [2.05, 4.69) is 0 Å². The molecule has 2 saturated carbocycles. The van der Waals surface area contributed by atoms with Gasteiger partial charge in [-0.3, -0.25) is 9.59 Å². The van der Waals surface area contributed by atoms with Gasteiger partial charge in [-0.15, -0.1) is 0 Å². The zero-order valence-electron chi connectivity index (χ0n) is 8.79. The summed E-state index contributed by atoms with van der Waals surface area (Å²) >= 11 is 0. The average molecular weight is 206 g/mol. The molecule has 3 atom stereocenters. The Balaban J connectivity index is 2.14. The molecule has 2 bridgehead atoms. The molecule has 3 nitrogen and oxygen atoms in total. The SMILES string of the molecule is COC1=C[C@H]2C[C@@H]3CCC[C@]3(C1=O)C2=O. The minimum Gasteiger partial charge on any atom is -0.493 e. The first-order chi connectivity index (χ1) is 7.20. The highest BCUT2D eigenvalue weighted by atomic mass is 16.5. The lowest BCUT2D eigenvalue weighted by Gasteiger charge is -2.28. The standard InChI is InChI=1S/C12H14O3/c1-15-9-6-7-5-8-3-2-4-12(8,10(7)13)11(9)14/h6-8H,2-5H2,1H3/t7-,8+,12-/m1/s1. The molecule has 2 fully saturated rings. The van der Waals surface area contributed by atoms with Crippen LogP contribution in [-0.4, -0.2) is 18.7 Å². The predicted octanol–water partition coefficient (Wildman–Crippen LogP) is 1.47. The number of ether oxygens (including phenoxy) is 1. The van der Waals surface area contributed by atoms with Crippen LogP contribution in [0.4, 0.5) is 0 Å². The zero-order valence-corrected chi connectivity index (χ0v) is 8.79. The molecule has 0 aromatic carbocycles. The molecule has 0 N–H and O–H groups in total. The number of carbonyl (C=O) groups excluding carboxylic acids is 2. The van der Waals surface area contributed by atoms with E-state index in [0.29, 0.717) is 5.76 Å². The third-order valence-electron chi connectivity index (χ3n) is 4.34. The van der Waals surface area contributed by atoms with Crippen LogP contribution < -0.4 is 0 Å². The maximum Gasteiger partial charge on any atom is 0.210 e. The van der Waals surface area contributed by atoms with E-state index in [0.717, 1.165) is 25.7 Å². The Kier molecular flexibility index (Phi) is 1.65. The quantitative estimate of drug-likeness (QED) is 0.610. The van der Waals surface area contributed by atoms with Gasteiger partial charge in [0, 0.05) is 5.92 Å². The Hall–Kier alpha value is -1.12. The molecule has 3 rings (SSSR count). The molecular formula is C12H14O3. The second-order valence-corrected chi connectivity index (χ2v) is 4.83. The van der Waals surface area contributed by atoms with Crippen LogP contribution in [0.1, 0.15) is 25.7 Å². The van der Waals surface area contributed by atoms with E-state index in [1.165, 1.54) is 7.11 Å². The van der Waals surface area contributed by atoms with Crippen molar-refractivity contribution in [2.45, 2.75) is 25.7 Å². The lowest BCUT2D eigenvalue weighted by atomic mass is 9.72. The Morgan fingerprint density at radius 2 is 2.27 bits per heavy atom. The van der Waals surface area contributed by atoms with E-state index in [1.54, 1.807) is 6.08 Å². The number of methoxy groups -OCH3 is 1. The third kappa shape index (κ3) is 0.869. The topological polar surface area (TPSA) is 43.4 Å². The molecule has 0 heterocycles. The van der Waals surface area contributed by atoms with Crippen molar-refractivity contribution in [2.75, 3.05) is 7.11 Å². The minimum absolute atomic E-state index is 0.0498. The number of ketones is 2. The molecule has 15 heavy (non-hydrogen) atoms. The second-order valence-electron chi connectivity index (χ2n) is 4.83. The van der Waals surface area contributed by atoms with Crippen LogP contribution in [0.15, 0.2) is 11.8 Å². The largest absolute Gasteiger partial charge is 0.493 e. The van der Waals surface area contributed by atoms with Gasteiger partial charge in [0.2, 0.25) is 5.78 Å². The van der Waals surface area contributed by atoms with Crippen LogP contribution >= 0.6 is 0 Å². The number of hydrogen-bond donors (Lipinski definition) is 0. The highest BCUT2D eigenvalue weighted by Crippen LogP contribution is 2.58. The van der Waals surface area contributed by atoms with Crippen molar-refractivity contribution in [1.29, 1.82) is 0 Å². The van der Waals surface area contributed by atoms with Gasteiger partial charge in [-0.2, -0.15) is 0 Å². The molecule has 3 heteroatoms. The van der Waals surface area contributed by atoms with Crippen molar-refractivity contribution in [2.24, 2.45) is 17.3 Å². The van der Waals surface area contributed by atoms with Crippen LogP contribution in [0.25, 0.3) is 0 Å². The second kappa shape index (κ2) is 2.71. The lowest BCUT2D eigenvalue weighted by Crippen LogP contribution is -2.42. The van der Waals surface area contributed by atoms with Crippen molar-refractivity contribution < 1.29 is 14.3 Å². The maximum absolute atomic E-state index is 12.2. The number of allylic oxidation sites excluding steroid dienone is 2. The Bertz CT molecular complexity index is 382. The van der Waals surface area contributed by atoms with Crippen molar-refractivity contribution in [3.63, 3.8) is 0 Å². The highest BCUT2D eigenvalue weighted by Gasteiger charge is 2.63. The van der Waals surface area contributed by atoms with E-state index in [4.69, 9.17) is 4.74 Å². The molecule has 3 aliphatic rings. The van der Waals surface area contributed by atoms with E-state index < -0.39 is 5.41 Å². The summed E-state index contributed by atoms with van der Waals surface area (Å²) in [6.07, 6.45) is 5.36. The fourth-order valence-electron chi connectivity index (χ4n) is 3.66. The van der Waals surface area contributed by atoms with Gasteiger partial charge in [0.25, 0.3) is 0 Å². The van der Waals surface area contributed by atoms with Crippen molar-refractivity contribution in [3.05, 3.63) is 11.8 Å². The molecule has 1 spiro atoms. The summed E-state index contributed by atoms with van der Waals surface area (Å²) in [5.74, 6) is 0.764. The summed E-state index contributed by atoms with van der Waals surface area (Å²) in [6, 6.07) is 0. The zero-order chi connectivity index (χ0) is 10.6. The summed E-state index contributed by atoms with van der Waals surface area (Å²) in [6.45, 7) is 0. The Morgan fingerprint density at radius 3 is 3.00 bits per heavy atom. The first kappa shape index (κ1) is 9.13. The molecule has 0 aromatic rings. The maximum atomic E-state index is 12.2. The van der Waals surface area contributed by atoms with E-state index in [-0.39, 0.29) is 23.4 Å². The van der Waals surface area contributed by atoms with Gasteiger partial charge in [-0.1, -0.05) is 6.42 Å². The summed E-state index contributed by atoms with van der Waals surface area (Å²) in [5.41, 5.74) is -0.676. The summed E-state index contributed by atoms with van der Waals surface area (Å²) < 4.78 is 5.09. The minimum atomic E-state index is -0.676. The number of carbonyl (C=O) groups is 2. The molecular weight excluding hydrogens is 192 g/mol. The number of fused-ring (bicyclic) bond motifs is 1. The van der Waals surface area contributed by atoms with Gasteiger partial charge in [-0.05, 0) is 31.3 Å². The molecule has 0 saturated heterocycles. The van der Waals surface area contributed by atoms with E-state index >= 15 is 0 Å². The van der Waals surface area contributed by atoms with Gasteiger partial charge >= 0.3 is 0 Å². The van der Waals surface area contributed by atoms with Crippen LogP contribution in [0.3, 0.4) is 0 Å². The van der Waals surface area contributed by atoms with Gasteiger partial charge in [-0.25, -0.2) is 0 Å². The Morgan fingerprint density at radius 1 is 1.47 bits per heavy atom. The van der Waals surface area contributed by atoms with Crippen molar-refractivity contribution in [1.82, 2.24) is 0 Å². The Labute approximate surface area is 88.5 Å². The van der Waals surface area contributed by atoms with E-state index in [1.807, 2.05) is 0 Å². The molecule has 80 valence electrons.